The van der Waals surface area contributed by atoms with Crippen molar-refractivity contribution in [3.8, 4) is 11.1 Å². The van der Waals surface area contributed by atoms with Crippen molar-refractivity contribution in [1.82, 2.24) is 9.88 Å². The second kappa shape index (κ2) is 8.34. The second-order valence-corrected chi connectivity index (χ2v) is 8.39. The van der Waals surface area contributed by atoms with Crippen molar-refractivity contribution < 1.29 is 9.21 Å². The lowest BCUT2D eigenvalue weighted by Gasteiger charge is -2.40. The Bertz CT molecular complexity index is 1010. The minimum absolute atomic E-state index is 0.0438. The normalized spacial score (nSPS) is 16.9. The van der Waals surface area contributed by atoms with E-state index < -0.39 is 0 Å². The number of nitrogens with zero attached hydrogens (tertiary/aromatic N) is 3. The van der Waals surface area contributed by atoms with Gasteiger partial charge in [-0.05, 0) is 49.6 Å². The van der Waals surface area contributed by atoms with Crippen LogP contribution in [0.25, 0.3) is 11.1 Å². The molecule has 1 aliphatic heterocycles. The van der Waals surface area contributed by atoms with Gasteiger partial charge >= 0.3 is 0 Å². The van der Waals surface area contributed by atoms with Gasteiger partial charge in [-0.3, -0.25) is 4.79 Å². The molecular formula is C25H29N3O2. The van der Waals surface area contributed by atoms with Gasteiger partial charge < -0.3 is 14.2 Å². The molecule has 5 nitrogen and oxygen atoms in total. The van der Waals surface area contributed by atoms with E-state index in [0.29, 0.717) is 18.2 Å². The van der Waals surface area contributed by atoms with Gasteiger partial charge in [0.2, 0.25) is 0 Å². The summed E-state index contributed by atoms with van der Waals surface area (Å²) in [6.07, 6.45) is 1.54. The first-order valence-electron chi connectivity index (χ1n) is 10.6. The molecule has 0 radical (unpaired) electrons. The van der Waals surface area contributed by atoms with Crippen LogP contribution in [0.2, 0.25) is 0 Å². The topological polar surface area (TPSA) is 49.6 Å². The van der Waals surface area contributed by atoms with Crippen LogP contribution in [0.15, 0.2) is 59.2 Å². The highest BCUT2D eigenvalue weighted by Crippen LogP contribution is 2.31. The number of aromatic nitrogens is 1. The first-order chi connectivity index (χ1) is 14.4. The molecule has 1 aromatic carbocycles. The quantitative estimate of drug-likeness (QED) is 0.606. The van der Waals surface area contributed by atoms with E-state index in [1.165, 1.54) is 16.7 Å². The standard InChI is InChI=1S/C25H29N3O2/c1-17(2)24-21(20-9-7-18(3)8-10-20)11-12-23(26-24)27-13-14-28(19(4)16-27)25(29)22-6-5-15-30-22/h5-12,15,17,19H,13-14,16H2,1-4H3. The summed E-state index contributed by atoms with van der Waals surface area (Å²) in [5.41, 5.74) is 4.75. The Morgan fingerprint density at radius 1 is 1.10 bits per heavy atom. The lowest BCUT2D eigenvalue weighted by molar-refractivity contribution is 0.0641. The van der Waals surface area contributed by atoms with Gasteiger partial charge in [-0.15, -0.1) is 0 Å². The molecule has 0 aliphatic carbocycles. The molecule has 3 heterocycles. The zero-order valence-electron chi connectivity index (χ0n) is 18.1. The second-order valence-electron chi connectivity index (χ2n) is 8.39. The Morgan fingerprint density at radius 3 is 2.50 bits per heavy atom. The van der Waals surface area contributed by atoms with Crippen LogP contribution >= 0.6 is 0 Å². The Kier molecular flexibility index (Phi) is 5.62. The average Bonchev–Trinajstić information content (AvgIpc) is 3.28. The highest BCUT2D eigenvalue weighted by molar-refractivity contribution is 5.91. The largest absolute Gasteiger partial charge is 0.459 e. The van der Waals surface area contributed by atoms with Crippen LogP contribution in [0.4, 0.5) is 5.82 Å². The number of benzene rings is 1. The Balaban J connectivity index is 1.55. The van der Waals surface area contributed by atoms with Crippen LogP contribution in [-0.4, -0.2) is 41.5 Å². The molecule has 3 aromatic rings. The molecule has 2 aromatic heterocycles. The number of hydrogen-bond acceptors (Lipinski definition) is 4. The van der Waals surface area contributed by atoms with Crippen LogP contribution in [0.1, 0.15) is 48.5 Å². The first kappa shape index (κ1) is 20.2. The Labute approximate surface area is 178 Å². The van der Waals surface area contributed by atoms with Gasteiger partial charge in [0.05, 0.1) is 12.0 Å². The molecule has 1 saturated heterocycles. The lowest BCUT2D eigenvalue weighted by Crippen LogP contribution is -2.54. The minimum Gasteiger partial charge on any atom is -0.459 e. The smallest absolute Gasteiger partial charge is 0.289 e. The lowest BCUT2D eigenvalue weighted by atomic mass is 9.97. The summed E-state index contributed by atoms with van der Waals surface area (Å²) in [5, 5.41) is 0. The molecule has 30 heavy (non-hydrogen) atoms. The molecule has 1 aliphatic rings. The number of amides is 1. The Hall–Kier alpha value is -3.08. The molecule has 0 bridgehead atoms. The van der Waals surface area contributed by atoms with E-state index in [1.54, 1.807) is 18.4 Å². The van der Waals surface area contributed by atoms with Crippen LogP contribution in [0.5, 0.6) is 0 Å². The number of piperazine rings is 1. The maximum atomic E-state index is 12.7. The van der Waals surface area contributed by atoms with Crippen molar-refractivity contribution in [3.05, 3.63) is 71.8 Å². The van der Waals surface area contributed by atoms with E-state index in [9.17, 15) is 4.79 Å². The summed E-state index contributed by atoms with van der Waals surface area (Å²) < 4.78 is 5.30. The Morgan fingerprint density at radius 2 is 1.87 bits per heavy atom. The van der Waals surface area contributed by atoms with Crippen molar-refractivity contribution in [2.24, 2.45) is 0 Å². The van der Waals surface area contributed by atoms with Crippen molar-refractivity contribution in [1.29, 1.82) is 0 Å². The first-order valence-corrected chi connectivity index (χ1v) is 10.6. The molecule has 0 N–H and O–H groups in total. The molecular weight excluding hydrogens is 374 g/mol. The van der Waals surface area contributed by atoms with E-state index in [-0.39, 0.29) is 11.9 Å². The van der Waals surface area contributed by atoms with Crippen LogP contribution < -0.4 is 4.90 Å². The zero-order chi connectivity index (χ0) is 21.3. The highest BCUT2D eigenvalue weighted by atomic mass is 16.3. The van der Waals surface area contributed by atoms with E-state index >= 15 is 0 Å². The number of carbonyl (C=O) groups excluding carboxylic acids is 1. The monoisotopic (exact) mass is 403 g/mol. The van der Waals surface area contributed by atoms with E-state index in [4.69, 9.17) is 9.40 Å². The summed E-state index contributed by atoms with van der Waals surface area (Å²) in [6, 6.07) is 16.5. The number of furan rings is 1. The van der Waals surface area contributed by atoms with Gasteiger partial charge in [0.15, 0.2) is 5.76 Å². The molecule has 5 heteroatoms. The van der Waals surface area contributed by atoms with Crippen LogP contribution in [0, 0.1) is 6.92 Å². The molecule has 1 unspecified atom stereocenters. The van der Waals surface area contributed by atoms with Crippen LogP contribution in [-0.2, 0) is 0 Å². The van der Waals surface area contributed by atoms with Gasteiger partial charge in [0, 0.05) is 31.2 Å². The van der Waals surface area contributed by atoms with Crippen LogP contribution in [0.3, 0.4) is 0 Å². The summed E-state index contributed by atoms with van der Waals surface area (Å²) in [7, 11) is 0. The van der Waals surface area contributed by atoms with Gasteiger partial charge in [-0.25, -0.2) is 4.98 Å². The number of anilines is 1. The molecule has 0 saturated carbocycles. The maximum absolute atomic E-state index is 12.7. The number of rotatable bonds is 4. The summed E-state index contributed by atoms with van der Waals surface area (Å²) in [5.74, 6) is 1.66. The van der Waals surface area contributed by atoms with Crippen molar-refractivity contribution >= 4 is 11.7 Å². The molecule has 1 atom stereocenters. The third kappa shape index (κ3) is 3.97. The SMILES string of the molecule is Cc1ccc(-c2ccc(N3CCN(C(=O)c4ccco4)C(C)C3)nc2C(C)C)cc1. The fraction of sp³-hybridized carbons (Fsp3) is 0.360. The predicted molar refractivity (Wildman–Crippen MR) is 120 cm³/mol. The number of pyridine rings is 1. The highest BCUT2D eigenvalue weighted by Gasteiger charge is 2.30. The molecule has 1 amide bonds. The third-order valence-corrected chi connectivity index (χ3v) is 5.76. The van der Waals surface area contributed by atoms with Gasteiger partial charge in [-0.2, -0.15) is 0 Å². The van der Waals surface area contributed by atoms with E-state index in [0.717, 1.165) is 24.6 Å². The fourth-order valence-electron chi connectivity index (χ4n) is 4.07. The fourth-order valence-corrected chi connectivity index (χ4v) is 4.07. The maximum Gasteiger partial charge on any atom is 0.289 e. The summed E-state index contributed by atoms with van der Waals surface area (Å²) in [4.78, 5) is 21.9. The molecule has 0 spiro atoms. The third-order valence-electron chi connectivity index (χ3n) is 5.76. The summed E-state index contributed by atoms with van der Waals surface area (Å²) >= 11 is 0. The van der Waals surface area contributed by atoms with Crippen molar-refractivity contribution in [2.45, 2.75) is 39.7 Å². The predicted octanol–water partition coefficient (Wildman–Crippen LogP) is 5.12. The van der Waals surface area contributed by atoms with E-state index in [2.05, 4.69) is 69.0 Å². The number of aryl methyl sites for hydroxylation is 1. The number of carbonyl (C=O) groups is 1. The van der Waals surface area contributed by atoms with Gasteiger partial charge in [-0.1, -0.05) is 43.7 Å². The van der Waals surface area contributed by atoms with Crippen molar-refractivity contribution in [3.63, 3.8) is 0 Å². The number of hydrogen-bond donors (Lipinski definition) is 0. The average molecular weight is 404 g/mol. The molecule has 1 fully saturated rings. The summed E-state index contributed by atoms with van der Waals surface area (Å²) in [6.45, 7) is 10.7. The van der Waals surface area contributed by atoms with E-state index in [1.807, 2.05) is 4.90 Å². The molecule has 4 rings (SSSR count). The minimum atomic E-state index is -0.0438. The zero-order valence-corrected chi connectivity index (χ0v) is 18.1. The van der Waals surface area contributed by atoms with Crippen molar-refractivity contribution in [2.75, 3.05) is 24.5 Å². The molecule has 156 valence electrons. The van der Waals surface area contributed by atoms with Gasteiger partial charge in [0.1, 0.15) is 5.82 Å². The van der Waals surface area contributed by atoms with Gasteiger partial charge in [0.25, 0.3) is 5.91 Å².